The number of rotatable bonds is 6. The van der Waals surface area contributed by atoms with Crippen LogP contribution in [0.15, 0.2) is 30.6 Å². The van der Waals surface area contributed by atoms with Crippen molar-refractivity contribution in [1.29, 1.82) is 0 Å². The lowest BCUT2D eigenvalue weighted by Crippen LogP contribution is -2.34. The minimum Gasteiger partial charge on any atom is -0.493 e. The number of nitrogens with one attached hydrogen (secondary N) is 1. The van der Waals surface area contributed by atoms with Gasteiger partial charge in [-0.1, -0.05) is 19.1 Å². The summed E-state index contributed by atoms with van der Waals surface area (Å²) in [6.45, 7) is 5.01. The fraction of sp³-hybridized carbons (Fsp3) is 0.474. The first-order valence-corrected chi connectivity index (χ1v) is 8.72. The zero-order valence-corrected chi connectivity index (χ0v) is 15.2. The van der Waals surface area contributed by atoms with Gasteiger partial charge >= 0.3 is 0 Å². The number of benzene rings is 1. The number of ether oxygens (including phenoxy) is 2. The molecule has 1 atom stereocenters. The number of nitrogens with zero attached hydrogens (tertiary/aromatic N) is 3. The molecule has 1 unspecified atom stereocenters. The van der Waals surface area contributed by atoms with Crippen LogP contribution < -0.4 is 19.7 Å². The molecule has 1 aromatic carbocycles. The van der Waals surface area contributed by atoms with Crippen LogP contribution in [0.25, 0.3) is 0 Å². The van der Waals surface area contributed by atoms with E-state index in [4.69, 9.17) is 9.47 Å². The number of piperidine rings is 1. The van der Waals surface area contributed by atoms with Crippen molar-refractivity contribution < 1.29 is 9.47 Å². The molecule has 0 amide bonds. The first kappa shape index (κ1) is 17.3. The predicted octanol–water partition coefficient (Wildman–Crippen LogP) is 3.34. The Hall–Kier alpha value is -2.50. The van der Waals surface area contributed by atoms with Crippen molar-refractivity contribution in [2.24, 2.45) is 5.92 Å². The van der Waals surface area contributed by atoms with Gasteiger partial charge in [0.2, 0.25) is 0 Å². The molecule has 0 bridgehead atoms. The highest BCUT2D eigenvalue weighted by Crippen LogP contribution is 2.31. The summed E-state index contributed by atoms with van der Waals surface area (Å²) < 4.78 is 10.8. The molecule has 1 saturated heterocycles. The van der Waals surface area contributed by atoms with E-state index >= 15 is 0 Å². The quantitative estimate of drug-likeness (QED) is 0.869. The lowest BCUT2D eigenvalue weighted by molar-refractivity contribution is 0.352. The van der Waals surface area contributed by atoms with Crippen molar-refractivity contribution in [3.05, 3.63) is 36.2 Å². The highest BCUT2D eigenvalue weighted by molar-refractivity contribution is 5.51. The van der Waals surface area contributed by atoms with Crippen LogP contribution in [0.4, 0.5) is 11.6 Å². The maximum atomic E-state index is 5.48. The van der Waals surface area contributed by atoms with E-state index in [1.807, 2.05) is 24.3 Å². The van der Waals surface area contributed by atoms with E-state index in [9.17, 15) is 0 Å². The lowest BCUT2D eigenvalue weighted by atomic mass is 10.0. The van der Waals surface area contributed by atoms with Gasteiger partial charge in [-0.3, -0.25) is 0 Å². The van der Waals surface area contributed by atoms with E-state index in [-0.39, 0.29) is 0 Å². The summed E-state index contributed by atoms with van der Waals surface area (Å²) in [6.07, 6.45) is 4.14. The third-order valence-corrected chi connectivity index (χ3v) is 4.58. The Morgan fingerprint density at radius 3 is 2.88 bits per heavy atom. The molecule has 1 aromatic heterocycles. The monoisotopic (exact) mass is 342 g/mol. The van der Waals surface area contributed by atoms with Crippen LogP contribution in [0.5, 0.6) is 11.5 Å². The van der Waals surface area contributed by atoms with Crippen molar-refractivity contribution in [1.82, 2.24) is 9.97 Å². The second-order valence-corrected chi connectivity index (χ2v) is 6.46. The Bertz CT molecular complexity index is 708. The largest absolute Gasteiger partial charge is 0.493 e. The average molecular weight is 342 g/mol. The van der Waals surface area contributed by atoms with Crippen LogP contribution in [0.3, 0.4) is 0 Å². The first-order valence-electron chi connectivity index (χ1n) is 8.72. The van der Waals surface area contributed by atoms with Gasteiger partial charge in [-0.05, 0) is 24.8 Å². The average Bonchev–Trinajstić information content (AvgIpc) is 2.66. The summed E-state index contributed by atoms with van der Waals surface area (Å²) in [4.78, 5) is 11.1. The van der Waals surface area contributed by atoms with Crippen molar-refractivity contribution in [3.63, 3.8) is 0 Å². The minimum absolute atomic E-state index is 0.604. The van der Waals surface area contributed by atoms with Gasteiger partial charge < -0.3 is 19.7 Å². The molecule has 25 heavy (non-hydrogen) atoms. The Kier molecular flexibility index (Phi) is 5.58. The molecule has 0 saturated carbocycles. The Labute approximate surface area is 149 Å². The Morgan fingerprint density at radius 1 is 1.24 bits per heavy atom. The summed E-state index contributed by atoms with van der Waals surface area (Å²) in [6, 6.07) is 7.88. The summed E-state index contributed by atoms with van der Waals surface area (Å²) in [5.74, 6) is 3.99. The number of para-hydroxylation sites is 1. The molecule has 134 valence electrons. The molecular weight excluding hydrogens is 316 g/mol. The topological polar surface area (TPSA) is 59.5 Å². The third kappa shape index (κ3) is 4.13. The molecule has 3 rings (SSSR count). The summed E-state index contributed by atoms with van der Waals surface area (Å²) >= 11 is 0. The second kappa shape index (κ2) is 8.05. The fourth-order valence-corrected chi connectivity index (χ4v) is 3.29. The highest BCUT2D eigenvalue weighted by atomic mass is 16.5. The van der Waals surface area contributed by atoms with Crippen molar-refractivity contribution >= 4 is 11.6 Å². The smallest absolute Gasteiger partial charge is 0.165 e. The SMILES string of the molecule is COc1cccc(CNc2cc(N3CCCC(C)C3)ncn2)c1OC. The molecule has 1 N–H and O–H groups in total. The normalized spacial score (nSPS) is 17.2. The van der Waals surface area contributed by atoms with E-state index in [0.29, 0.717) is 12.5 Å². The number of hydrogen-bond donors (Lipinski definition) is 1. The van der Waals surface area contributed by atoms with Crippen LogP contribution in [0, 0.1) is 5.92 Å². The van der Waals surface area contributed by atoms with Crippen LogP contribution in [-0.4, -0.2) is 37.3 Å². The van der Waals surface area contributed by atoms with Crippen molar-refractivity contribution in [2.75, 3.05) is 37.5 Å². The highest BCUT2D eigenvalue weighted by Gasteiger charge is 2.18. The van der Waals surface area contributed by atoms with Gasteiger partial charge in [-0.2, -0.15) is 0 Å². The maximum Gasteiger partial charge on any atom is 0.165 e. The van der Waals surface area contributed by atoms with Crippen molar-refractivity contribution in [3.8, 4) is 11.5 Å². The van der Waals surface area contributed by atoms with Gasteiger partial charge in [-0.25, -0.2) is 9.97 Å². The molecule has 0 spiro atoms. The molecular formula is C19H26N4O2. The molecule has 2 heterocycles. The van der Waals surface area contributed by atoms with Crippen LogP contribution >= 0.6 is 0 Å². The van der Waals surface area contributed by atoms with E-state index in [1.54, 1.807) is 20.5 Å². The van der Waals surface area contributed by atoms with Crippen molar-refractivity contribution in [2.45, 2.75) is 26.3 Å². The van der Waals surface area contributed by atoms with Crippen LogP contribution in [-0.2, 0) is 6.54 Å². The third-order valence-electron chi connectivity index (χ3n) is 4.58. The molecule has 1 aliphatic rings. The Morgan fingerprint density at radius 2 is 2.12 bits per heavy atom. The minimum atomic E-state index is 0.604. The van der Waals surface area contributed by atoms with E-state index < -0.39 is 0 Å². The molecule has 1 aliphatic heterocycles. The second-order valence-electron chi connectivity index (χ2n) is 6.46. The van der Waals surface area contributed by atoms with Gasteiger partial charge in [0.25, 0.3) is 0 Å². The van der Waals surface area contributed by atoms with Gasteiger partial charge in [0.05, 0.1) is 14.2 Å². The number of aromatic nitrogens is 2. The number of methoxy groups -OCH3 is 2. The van der Waals surface area contributed by atoms with Gasteiger partial charge in [0, 0.05) is 31.3 Å². The summed E-state index contributed by atoms with van der Waals surface area (Å²) in [5.41, 5.74) is 1.02. The Balaban J connectivity index is 1.71. The molecule has 0 aliphatic carbocycles. The molecule has 0 radical (unpaired) electrons. The molecule has 2 aromatic rings. The fourth-order valence-electron chi connectivity index (χ4n) is 3.29. The molecule has 6 nitrogen and oxygen atoms in total. The maximum absolute atomic E-state index is 5.48. The van der Waals surface area contributed by atoms with E-state index in [1.165, 1.54) is 12.8 Å². The number of anilines is 2. The van der Waals surface area contributed by atoms with Gasteiger partial charge in [0.15, 0.2) is 11.5 Å². The van der Waals surface area contributed by atoms with Crippen LogP contribution in [0.2, 0.25) is 0 Å². The first-order chi connectivity index (χ1) is 12.2. The van der Waals surface area contributed by atoms with E-state index in [0.717, 1.165) is 41.8 Å². The predicted molar refractivity (Wildman–Crippen MR) is 99.5 cm³/mol. The van der Waals surface area contributed by atoms with Crippen LogP contribution in [0.1, 0.15) is 25.3 Å². The molecule has 1 fully saturated rings. The summed E-state index contributed by atoms with van der Waals surface area (Å²) in [5, 5.41) is 3.36. The lowest BCUT2D eigenvalue weighted by Gasteiger charge is -2.31. The number of hydrogen-bond acceptors (Lipinski definition) is 6. The zero-order valence-electron chi connectivity index (χ0n) is 15.2. The van der Waals surface area contributed by atoms with E-state index in [2.05, 4.69) is 27.1 Å². The van der Waals surface area contributed by atoms with Gasteiger partial charge in [-0.15, -0.1) is 0 Å². The standard InChI is InChI=1S/C19H26N4O2/c1-14-6-5-9-23(12-14)18-10-17(21-13-22-18)20-11-15-7-4-8-16(24-2)19(15)25-3/h4,7-8,10,13-14H,5-6,9,11-12H2,1-3H3,(H,20,21,22). The van der Waals surface area contributed by atoms with Gasteiger partial charge in [0.1, 0.15) is 18.0 Å². The zero-order chi connectivity index (χ0) is 17.6. The summed E-state index contributed by atoms with van der Waals surface area (Å²) in [7, 11) is 3.30. The molecule has 6 heteroatoms.